The van der Waals surface area contributed by atoms with Crippen LogP contribution in [0.5, 0.6) is 5.75 Å². The molecule has 6 heteroatoms. The topological polar surface area (TPSA) is 77.9 Å². The summed E-state index contributed by atoms with van der Waals surface area (Å²) in [5, 5.41) is 20.3. The summed E-state index contributed by atoms with van der Waals surface area (Å²) in [5.74, 6) is 1.52. The van der Waals surface area contributed by atoms with Crippen molar-refractivity contribution >= 4 is 5.96 Å². The first-order valence-electron chi connectivity index (χ1n) is 9.43. The monoisotopic (exact) mass is 364 g/mol. The summed E-state index contributed by atoms with van der Waals surface area (Å²) in [4.78, 5) is 4.48. The SMILES string of the molecule is CCNC(=NCC(O)c1ccc(OC(C)C)cc1)NCCNC(C)(C)C. The maximum atomic E-state index is 10.4. The number of rotatable bonds is 9. The van der Waals surface area contributed by atoms with Gasteiger partial charge in [-0.1, -0.05) is 12.1 Å². The van der Waals surface area contributed by atoms with E-state index in [1.165, 1.54) is 0 Å². The van der Waals surface area contributed by atoms with Gasteiger partial charge in [-0.2, -0.15) is 0 Å². The summed E-state index contributed by atoms with van der Waals surface area (Å²) in [6.45, 7) is 15.1. The van der Waals surface area contributed by atoms with Crippen LogP contribution >= 0.6 is 0 Å². The third kappa shape index (κ3) is 9.63. The van der Waals surface area contributed by atoms with Gasteiger partial charge in [0.25, 0.3) is 0 Å². The molecule has 1 unspecified atom stereocenters. The smallest absolute Gasteiger partial charge is 0.191 e. The number of nitrogens with zero attached hydrogens (tertiary/aromatic N) is 1. The molecule has 0 bridgehead atoms. The predicted octanol–water partition coefficient (Wildman–Crippen LogP) is 2.45. The van der Waals surface area contributed by atoms with Crippen LogP contribution in [-0.2, 0) is 0 Å². The van der Waals surface area contributed by atoms with Crippen LogP contribution in [0, 0.1) is 0 Å². The molecule has 26 heavy (non-hydrogen) atoms. The van der Waals surface area contributed by atoms with E-state index in [9.17, 15) is 5.11 Å². The summed E-state index contributed by atoms with van der Waals surface area (Å²) in [5.41, 5.74) is 0.925. The van der Waals surface area contributed by atoms with Crippen LogP contribution in [0.3, 0.4) is 0 Å². The third-order valence-electron chi connectivity index (χ3n) is 3.48. The van der Waals surface area contributed by atoms with Crippen LogP contribution in [0.2, 0.25) is 0 Å². The fraction of sp³-hybridized carbons (Fsp3) is 0.650. The molecule has 4 N–H and O–H groups in total. The Morgan fingerprint density at radius 3 is 2.31 bits per heavy atom. The van der Waals surface area contributed by atoms with Crippen molar-refractivity contribution in [2.24, 2.45) is 4.99 Å². The van der Waals surface area contributed by atoms with Gasteiger partial charge in [0.2, 0.25) is 0 Å². The van der Waals surface area contributed by atoms with Gasteiger partial charge in [-0.05, 0) is 59.2 Å². The molecule has 1 aromatic rings. The van der Waals surface area contributed by atoms with Gasteiger partial charge in [0.05, 0.1) is 18.8 Å². The van der Waals surface area contributed by atoms with E-state index < -0.39 is 6.10 Å². The second-order valence-corrected chi connectivity index (χ2v) is 7.57. The number of nitrogens with one attached hydrogen (secondary N) is 3. The quantitative estimate of drug-likeness (QED) is 0.308. The van der Waals surface area contributed by atoms with Gasteiger partial charge in [0, 0.05) is 25.2 Å². The second-order valence-electron chi connectivity index (χ2n) is 7.57. The van der Waals surface area contributed by atoms with Crippen molar-refractivity contribution in [2.75, 3.05) is 26.2 Å². The fourth-order valence-corrected chi connectivity index (χ4v) is 2.28. The van der Waals surface area contributed by atoms with Crippen molar-refractivity contribution < 1.29 is 9.84 Å². The average Bonchev–Trinajstić information content (AvgIpc) is 2.55. The van der Waals surface area contributed by atoms with Crippen molar-refractivity contribution in [3.63, 3.8) is 0 Å². The Kier molecular flexibility index (Phi) is 9.44. The highest BCUT2D eigenvalue weighted by Gasteiger charge is 2.09. The van der Waals surface area contributed by atoms with Gasteiger partial charge in [-0.25, -0.2) is 0 Å². The van der Waals surface area contributed by atoms with E-state index in [1.54, 1.807) is 0 Å². The average molecular weight is 365 g/mol. The second kappa shape index (κ2) is 11.0. The fourth-order valence-electron chi connectivity index (χ4n) is 2.28. The van der Waals surface area contributed by atoms with Crippen molar-refractivity contribution in [2.45, 2.75) is 59.3 Å². The highest BCUT2D eigenvalue weighted by atomic mass is 16.5. The Morgan fingerprint density at radius 1 is 1.12 bits per heavy atom. The van der Waals surface area contributed by atoms with E-state index in [1.807, 2.05) is 45.0 Å². The van der Waals surface area contributed by atoms with Crippen LogP contribution in [0.1, 0.15) is 53.2 Å². The van der Waals surface area contributed by atoms with Gasteiger partial charge in [0.1, 0.15) is 5.75 Å². The number of aliphatic hydroxyl groups excluding tert-OH is 1. The molecular formula is C20H36N4O2. The number of aliphatic imine (C=N–C) groups is 1. The van der Waals surface area contributed by atoms with Crippen LogP contribution in [-0.4, -0.2) is 48.9 Å². The maximum absolute atomic E-state index is 10.4. The zero-order chi connectivity index (χ0) is 19.6. The molecule has 0 heterocycles. The van der Waals surface area contributed by atoms with Gasteiger partial charge in [-0.15, -0.1) is 0 Å². The summed E-state index contributed by atoms with van der Waals surface area (Å²) < 4.78 is 5.62. The number of ether oxygens (including phenoxy) is 1. The molecule has 0 aliphatic heterocycles. The molecule has 0 aliphatic carbocycles. The lowest BCUT2D eigenvalue weighted by Gasteiger charge is -2.21. The van der Waals surface area contributed by atoms with Gasteiger partial charge in [-0.3, -0.25) is 4.99 Å². The molecule has 0 amide bonds. The van der Waals surface area contributed by atoms with E-state index in [0.717, 1.165) is 30.9 Å². The standard InChI is InChI=1S/C20H36N4O2/c1-7-21-19(22-12-13-24-20(4,5)6)23-14-18(25)16-8-10-17(11-9-16)26-15(2)3/h8-11,15,18,24-25H,7,12-14H2,1-6H3,(H2,21,22,23). The number of hydrogen-bond donors (Lipinski definition) is 4. The molecule has 0 saturated carbocycles. The minimum Gasteiger partial charge on any atom is -0.491 e. The van der Waals surface area contributed by atoms with Gasteiger partial charge in [0.15, 0.2) is 5.96 Å². The molecule has 6 nitrogen and oxygen atoms in total. The molecule has 0 radical (unpaired) electrons. The molecule has 0 spiro atoms. The predicted molar refractivity (Wildman–Crippen MR) is 109 cm³/mol. The Hall–Kier alpha value is -1.79. The van der Waals surface area contributed by atoms with Crippen molar-refractivity contribution in [1.82, 2.24) is 16.0 Å². The normalized spacial score (nSPS) is 13.6. The molecule has 1 aromatic carbocycles. The van der Waals surface area contributed by atoms with E-state index in [0.29, 0.717) is 12.5 Å². The highest BCUT2D eigenvalue weighted by Crippen LogP contribution is 2.19. The number of aliphatic hydroxyl groups is 1. The first kappa shape index (κ1) is 22.3. The molecule has 0 aromatic heterocycles. The zero-order valence-corrected chi connectivity index (χ0v) is 17.1. The molecule has 1 atom stereocenters. The first-order valence-corrected chi connectivity index (χ1v) is 9.43. The zero-order valence-electron chi connectivity index (χ0n) is 17.1. The maximum Gasteiger partial charge on any atom is 0.191 e. The lowest BCUT2D eigenvalue weighted by Crippen LogP contribution is -2.44. The van der Waals surface area contributed by atoms with Crippen LogP contribution in [0.25, 0.3) is 0 Å². The van der Waals surface area contributed by atoms with Crippen LogP contribution < -0.4 is 20.7 Å². The molecule has 0 aliphatic rings. The largest absolute Gasteiger partial charge is 0.491 e. The van der Waals surface area contributed by atoms with E-state index in [2.05, 4.69) is 41.7 Å². The minimum absolute atomic E-state index is 0.0960. The minimum atomic E-state index is -0.647. The first-order chi connectivity index (χ1) is 12.2. The van der Waals surface area contributed by atoms with E-state index in [4.69, 9.17) is 4.74 Å². The van der Waals surface area contributed by atoms with Gasteiger partial charge >= 0.3 is 0 Å². The Balaban J connectivity index is 2.53. The van der Waals surface area contributed by atoms with Crippen LogP contribution in [0.4, 0.5) is 0 Å². The molecule has 0 fully saturated rings. The molecule has 0 saturated heterocycles. The summed E-state index contributed by atoms with van der Waals surface area (Å²) in [7, 11) is 0. The molecule has 148 valence electrons. The molecular weight excluding hydrogens is 328 g/mol. The van der Waals surface area contributed by atoms with E-state index in [-0.39, 0.29) is 11.6 Å². The lowest BCUT2D eigenvalue weighted by atomic mass is 10.1. The van der Waals surface area contributed by atoms with E-state index >= 15 is 0 Å². The van der Waals surface area contributed by atoms with Crippen molar-refractivity contribution in [3.05, 3.63) is 29.8 Å². The summed E-state index contributed by atoms with van der Waals surface area (Å²) in [6.07, 6.45) is -0.511. The van der Waals surface area contributed by atoms with Crippen LogP contribution in [0.15, 0.2) is 29.3 Å². The molecule has 1 rings (SSSR count). The summed E-state index contributed by atoms with van der Waals surface area (Å²) in [6, 6.07) is 7.52. The number of hydrogen-bond acceptors (Lipinski definition) is 4. The Labute approximate surface area is 158 Å². The lowest BCUT2D eigenvalue weighted by molar-refractivity contribution is 0.186. The number of guanidine groups is 1. The van der Waals surface area contributed by atoms with Crippen molar-refractivity contribution in [3.8, 4) is 5.75 Å². The third-order valence-corrected chi connectivity index (χ3v) is 3.48. The number of benzene rings is 1. The highest BCUT2D eigenvalue weighted by molar-refractivity contribution is 5.79. The Morgan fingerprint density at radius 2 is 1.77 bits per heavy atom. The summed E-state index contributed by atoms with van der Waals surface area (Å²) >= 11 is 0. The van der Waals surface area contributed by atoms with Crippen molar-refractivity contribution in [1.29, 1.82) is 0 Å². The van der Waals surface area contributed by atoms with Gasteiger partial charge < -0.3 is 25.8 Å². The Bertz CT molecular complexity index is 536.